The molecule has 1 rings (SSSR count). The van der Waals surface area contributed by atoms with Gasteiger partial charge in [0.2, 0.25) is 5.91 Å². The van der Waals surface area contributed by atoms with Crippen LogP contribution in [0.4, 0.5) is 5.69 Å². The van der Waals surface area contributed by atoms with Crippen LogP contribution >= 0.6 is 11.6 Å². The highest BCUT2D eigenvalue weighted by atomic mass is 35.5. The van der Waals surface area contributed by atoms with Crippen molar-refractivity contribution in [2.75, 3.05) is 11.2 Å². The number of benzene rings is 1. The van der Waals surface area contributed by atoms with Crippen LogP contribution in [-0.2, 0) is 4.79 Å². The number of carbonyl (C=O) groups excluding carboxylic acids is 1. The molecule has 1 amide bonds. The molecule has 0 fully saturated rings. The Bertz CT molecular complexity index is 350. The summed E-state index contributed by atoms with van der Waals surface area (Å²) < 4.78 is 0. The van der Waals surface area contributed by atoms with E-state index in [0.717, 1.165) is 12.1 Å². The summed E-state index contributed by atoms with van der Waals surface area (Å²) in [5, 5.41) is 2.93. The molecule has 3 heteroatoms. The van der Waals surface area contributed by atoms with Crippen molar-refractivity contribution in [1.29, 1.82) is 0 Å². The van der Waals surface area contributed by atoms with E-state index in [-0.39, 0.29) is 5.91 Å². The number of hydrogen-bond donors (Lipinski definition) is 1. The van der Waals surface area contributed by atoms with Crippen molar-refractivity contribution >= 4 is 23.2 Å². The Labute approximate surface area is 102 Å². The van der Waals surface area contributed by atoms with Crippen molar-refractivity contribution in [3.05, 3.63) is 29.8 Å². The Balaban J connectivity index is 2.69. The first-order valence-corrected chi connectivity index (χ1v) is 6.13. The Morgan fingerprint density at radius 2 is 2.06 bits per heavy atom. The molecule has 0 aliphatic heterocycles. The van der Waals surface area contributed by atoms with Crippen molar-refractivity contribution in [3.63, 3.8) is 0 Å². The normalized spacial score (nSPS) is 10.5. The Morgan fingerprint density at radius 1 is 1.38 bits per heavy atom. The molecule has 0 spiro atoms. The average molecular weight is 240 g/mol. The van der Waals surface area contributed by atoms with Gasteiger partial charge in [-0.05, 0) is 24.0 Å². The van der Waals surface area contributed by atoms with E-state index in [2.05, 4.69) is 19.2 Å². The molecule has 0 saturated heterocycles. The summed E-state index contributed by atoms with van der Waals surface area (Å²) in [7, 11) is 0. The maximum atomic E-state index is 11.6. The number of amides is 1. The predicted octanol–water partition coefficient (Wildman–Crippen LogP) is 3.77. The highest BCUT2D eigenvalue weighted by molar-refractivity contribution is 6.18. The molecule has 2 nitrogen and oxygen atoms in total. The molecule has 0 aliphatic carbocycles. The summed E-state index contributed by atoms with van der Waals surface area (Å²) in [6.07, 6.45) is 1.20. The van der Waals surface area contributed by atoms with E-state index in [1.54, 1.807) is 0 Å². The summed E-state index contributed by atoms with van der Waals surface area (Å²) in [6.45, 7) is 4.23. The summed E-state index contributed by atoms with van der Waals surface area (Å²) >= 11 is 5.55. The second-order valence-corrected chi connectivity index (χ2v) is 4.46. The smallest absolute Gasteiger partial charge is 0.224 e. The van der Waals surface area contributed by atoms with Gasteiger partial charge in [0.05, 0.1) is 0 Å². The summed E-state index contributed by atoms with van der Waals surface area (Å²) in [5.74, 6) is 0.970. The van der Waals surface area contributed by atoms with Gasteiger partial charge in [-0.2, -0.15) is 0 Å². The number of anilines is 1. The first-order valence-electron chi connectivity index (χ1n) is 5.60. The second-order valence-electron chi connectivity index (χ2n) is 4.08. The summed E-state index contributed by atoms with van der Waals surface area (Å²) in [5.41, 5.74) is 2.08. The van der Waals surface area contributed by atoms with Gasteiger partial charge >= 0.3 is 0 Å². The first-order chi connectivity index (χ1) is 7.65. The van der Waals surface area contributed by atoms with E-state index < -0.39 is 0 Å². The Hall–Kier alpha value is -1.02. The van der Waals surface area contributed by atoms with Gasteiger partial charge in [-0.3, -0.25) is 4.79 Å². The van der Waals surface area contributed by atoms with Crippen LogP contribution in [0.3, 0.4) is 0 Å². The van der Waals surface area contributed by atoms with Gasteiger partial charge in [0.25, 0.3) is 0 Å². The van der Waals surface area contributed by atoms with Gasteiger partial charge in [0.1, 0.15) is 0 Å². The fraction of sp³-hybridized carbons (Fsp3) is 0.462. The van der Waals surface area contributed by atoms with Gasteiger partial charge in [-0.1, -0.05) is 32.0 Å². The molecule has 0 bridgehead atoms. The van der Waals surface area contributed by atoms with Crippen LogP contribution in [0.1, 0.15) is 38.2 Å². The highest BCUT2D eigenvalue weighted by Crippen LogP contribution is 2.23. The Kier molecular flexibility index (Phi) is 5.33. The van der Waals surface area contributed by atoms with Gasteiger partial charge in [-0.25, -0.2) is 0 Å². The molecule has 0 atom stereocenters. The average Bonchev–Trinajstić information content (AvgIpc) is 2.27. The van der Waals surface area contributed by atoms with Crippen LogP contribution in [0, 0.1) is 0 Å². The van der Waals surface area contributed by atoms with Crippen molar-refractivity contribution in [2.45, 2.75) is 32.6 Å². The number of nitrogens with one attached hydrogen (secondary N) is 1. The molecular weight excluding hydrogens is 222 g/mol. The standard InChI is InChI=1S/C13H18ClNO/c1-10(2)11-6-3-4-7-12(11)15-13(16)8-5-9-14/h3-4,6-7,10H,5,8-9H2,1-2H3,(H,15,16). The van der Waals surface area contributed by atoms with Crippen LogP contribution in [0.2, 0.25) is 0 Å². The fourth-order valence-electron chi connectivity index (χ4n) is 1.55. The third kappa shape index (κ3) is 3.86. The molecule has 0 unspecified atom stereocenters. The minimum Gasteiger partial charge on any atom is -0.326 e. The van der Waals surface area contributed by atoms with E-state index in [1.165, 1.54) is 5.56 Å². The quantitative estimate of drug-likeness (QED) is 0.779. The lowest BCUT2D eigenvalue weighted by molar-refractivity contribution is -0.116. The lowest BCUT2D eigenvalue weighted by Gasteiger charge is -2.13. The van der Waals surface area contributed by atoms with E-state index in [1.807, 2.05) is 24.3 Å². The molecule has 0 saturated carbocycles. The van der Waals surface area contributed by atoms with Crippen LogP contribution < -0.4 is 5.32 Å². The minimum absolute atomic E-state index is 0.0359. The molecule has 0 radical (unpaired) electrons. The largest absolute Gasteiger partial charge is 0.326 e. The molecule has 1 N–H and O–H groups in total. The second kappa shape index (κ2) is 6.54. The van der Waals surface area contributed by atoms with Crippen LogP contribution in [0.25, 0.3) is 0 Å². The van der Waals surface area contributed by atoms with Gasteiger partial charge in [-0.15, -0.1) is 11.6 Å². The predicted molar refractivity (Wildman–Crippen MR) is 69.1 cm³/mol. The number of alkyl halides is 1. The molecule has 0 heterocycles. The number of rotatable bonds is 5. The highest BCUT2D eigenvalue weighted by Gasteiger charge is 2.08. The summed E-state index contributed by atoms with van der Waals surface area (Å²) in [4.78, 5) is 11.6. The number of para-hydroxylation sites is 1. The number of hydrogen-bond acceptors (Lipinski definition) is 1. The molecule has 0 aromatic heterocycles. The summed E-state index contributed by atoms with van der Waals surface area (Å²) in [6, 6.07) is 7.91. The maximum absolute atomic E-state index is 11.6. The fourth-order valence-corrected chi connectivity index (χ4v) is 1.69. The topological polar surface area (TPSA) is 29.1 Å². The van der Waals surface area contributed by atoms with Crippen molar-refractivity contribution in [3.8, 4) is 0 Å². The van der Waals surface area contributed by atoms with Crippen molar-refractivity contribution in [1.82, 2.24) is 0 Å². The van der Waals surface area contributed by atoms with E-state index in [0.29, 0.717) is 18.2 Å². The molecule has 1 aromatic carbocycles. The monoisotopic (exact) mass is 239 g/mol. The van der Waals surface area contributed by atoms with Gasteiger partial charge in [0, 0.05) is 18.0 Å². The molecule has 88 valence electrons. The third-order valence-corrected chi connectivity index (χ3v) is 2.66. The van der Waals surface area contributed by atoms with Gasteiger partial charge in [0.15, 0.2) is 0 Å². The SMILES string of the molecule is CC(C)c1ccccc1NC(=O)CCCCl. The zero-order chi connectivity index (χ0) is 12.0. The molecule has 0 aliphatic rings. The van der Waals surface area contributed by atoms with Gasteiger partial charge < -0.3 is 5.32 Å². The molecule has 16 heavy (non-hydrogen) atoms. The van der Waals surface area contributed by atoms with E-state index in [9.17, 15) is 4.79 Å². The van der Waals surface area contributed by atoms with E-state index in [4.69, 9.17) is 11.6 Å². The lowest BCUT2D eigenvalue weighted by atomic mass is 10.0. The lowest BCUT2D eigenvalue weighted by Crippen LogP contribution is -2.13. The zero-order valence-corrected chi connectivity index (χ0v) is 10.6. The van der Waals surface area contributed by atoms with Crippen molar-refractivity contribution in [2.24, 2.45) is 0 Å². The van der Waals surface area contributed by atoms with E-state index >= 15 is 0 Å². The van der Waals surface area contributed by atoms with Crippen LogP contribution in [-0.4, -0.2) is 11.8 Å². The molecular formula is C13H18ClNO. The van der Waals surface area contributed by atoms with Crippen LogP contribution in [0.15, 0.2) is 24.3 Å². The maximum Gasteiger partial charge on any atom is 0.224 e. The minimum atomic E-state index is 0.0359. The van der Waals surface area contributed by atoms with Crippen LogP contribution in [0.5, 0.6) is 0 Å². The number of carbonyl (C=O) groups is 1. The third-order valence-electron chi connectivity index (χ3n) is 2.39. The molecule has 1 aromatic rings. The zero-order valence-electron chi connectivity index (χ0n) is 9.79. The Morgan fingerprint density at radius 3 is 2.69 bits per heavy atom. The first kappa shape index (κ1) is 13.0. The van der Waals surface area contributed by atoms with Crippen molar-refractivity contribution < 1.29 is 4.79 Å². The number of halogens is 1.